The van der Waals surface area contributed by atoms with Gasteiger partial charge < -0.3 is 15.0 Å². The zero-order chi connectivity index (χ0) is 14.0. The van der Waals surface area contributed by atoms with Crippen molar-refractivity contribution in [3.05, 3.63) is 11.5 Å². The third kappa shape index (κ3) is 2.45. The van der Waals surface area contributed by atoms with Gasteiger partial charge in [0.15, 0.2) is 5.69 Å². The molecular weight excluding hydrogens is 262 g/mol. The molecule has 0 amide bonds. The number of nitrogen functional groups attached to an aromatic ring is 1. The summed E-state index contributed by atoms with van der Waals surface area (Å²) in [5, 5.41) is 0. The summed E-state index contributed by atoms with van der Waals surface area (Å²) in [4.78, 5) is 16.0. The quantitative estimate of drug-likeness (QED) is 0.838. The van der Waals surface area contributed by atoms with Crippen LogP contribution in [0.3, 0.4) is 0 Å². The fraction of sp³-hybridized carbons (Fsp3) is 0.692. The maximum atomic E-state index is 11.7. The van der Waals surface area contributed by atoms with E-state index in [9.17, 15) is 4.79 Å². The number of thioether (sulfide) groups is 1. The number of carbonyl (C=O) groups excluding carboxylic acids is 1. The fourth-order valence-corrected chi connectivity index (χ4v) is 3.45. The Hall–Kier alpha value is -1.17. The smallest absolute Gasteiger partial charge is 0.360 e. The Balaban J connectivity index is 2.33. The van der Waals surface area contributed by atoms with Crippen molar-refractivity contribution in [3.8, 4) is 0 Å². The number of hydrogen-bond acceptors (Lipinski definition) is 5. The Kier molecular flexibility index (Phi) is 4.08. The standard InChI is InChI=1S/C13H21N3O2S/c1-4-9-15-10(12(17)18-2)11(14)16(9)8-13(19-3)6-5-7-13/h4-8,14H2,1-3H3. The van der Waals surface area contributed by atoms with Crippen molar-refractivity contribution in [1.82, 2.24) is 9.55 Å². The number of imidazole rings is 1. The second-order valence-corrected chi connectivity index (χ2v) is 6.21. The largest absolute Gasteiger partial charge is 0.464 e. The van der Waals surface area contributed by atoms with E-state index >= 15 is 0 Å². The number of nitrogens with two attached hydrogens (primary N) is 1. The highest BCUT2D eigenvalue weighted by Gasteiger charge is 2.38. The molecule has 1 aliphatic rings. The minimum Gasteiger partial charge on any atom is -0.464 e. The minimum atomic E-state index is -0.460. The lowest BCUT2D eigenvalue weighted by Gasteiger charge is -2.41. The van der Waals surface area contributed by atoms with E-state index in [0.29, 0.717) is 5.82 Å². The number of esters is 1. The van der Waals surface area contributed by atoms with E-state index in [4.69, 9.17) is 10.5 Å². The first-order valence-corrected chi connectivity index (χ1v) is 7.77. The fourth-order valence-electron chi connectivity index (χ4n) is 2.49. The lowest BCUT2D eigenvalue weighted by molar-refractivity contribution is 0.0595. The highest BCUT2D eigenvalue weighted by atomic mass is 32.2. The van der Waals surface area contributed by atoms with Crippen LogP contribution >= 0.6 is 11.8 Å². The van der Waals surface area contributed by atoms with Crippen molar-refractivity contribution in [3.63, 3.8) is 0 Å². The maximum Gasteiger partial charge on any atom is 0.360 e. The molecule has 1 aliphatic carbocycles. The number of carbonyl (C=O) groups is 1. The summed E-state index contributed by atoms with van der Waals surface area (Å²) in [6.07, 6.45) is 6.55. The molecule has 1 fully saturated rings. The summed E-state index contributed by atoms with van der Waals surface area (Å²) in [6, 6.07) is 0. The van der Waals surface area contributed by atoms with Crippen molar-refractivity contribution < 1.29 is 9.53 Å². The molecule has 0 bridgehead atoms. The predicted octanol–water partition coefficient (Wildman–Crippen LogP) is 2.10. The first-order valence-electron chi connectivity index (χ1n) is 6.55. The highest BCUT2D eigenvalue weighted by Crippen LogP contribution is 2.44. The van der Waals surface area contributed by atoms with Crippen molar-refractivity contribution >= 4 is 23.5 Å². The van der Waals surface area contributed by atoms with Gasteiger partial charge >= 0.3 is 5.97 Å². The molecule has 1 saturated carbocycles. The molecule has 0 aliphatic heterocycles. The van der Waals surface area contributed by atoms with Crippen molar-refractivity contribution in [2.75, 3.05) is 19.1 Å². The average molecular weight is 283 g/mol. The Morgan fingerprint density at radius 2 is 2.26 bits per heavy atom. The van der Waals surface area contributed by atoms with Crippen LogP contribution in [-0.4, -0.2) is 33.6 Å². The summed E-state index contributed by atoms with van der Waals surface area (Å²) in [5.74, 6) is 0.833. The summed E-state index contributed by atoms with van der Waals surface area (Å²) in [5.41, 5.74) is 6.33. The van der Waals surface area contributed by atoms with Gasteiger partial charge in [-0.05, 0) is 19.1 Å². The number of rotatable bonds is 5. The van der Waals surface area contributed by atoms with Gasteiger partial charge in [0.1, 0.15) is 11.6 Å². The number of aryl methyl sites for hydroxylation is 1. The molecule has 19 heavy (non-hydrogen) atoms. The molecule has 0 radical (unpaired) electrons. The van der Waals surface area contributed by atoms with E-state index in [0.717, 1.165) is 18.8 Å². The van der Waals surface area contributed by atoms with Crippen molar-refractivity contribution in [2.24, 2.45) is 0 Å². The molecular formula is C13H21N3O2S. The minimum absolute atomic E-state index is 0.245. The number of anilines is 1. The Morgan fingerprint density at radius 1 is 1.58 bits per heavy atom. The maximum absolute atomic E-state index is 11.7. The molecule has 0 unspecified atom stereocenters. The van der Waals surface area contributed by atoms with Crippen LogP contribution in [0.1, 0.15) is 42.5 Å². The van der Waals surface area contributed by atoms with Gasteiger partial charge in [0.25, 0.3) is 0 Å². The van der Waals surface area contributed by atoms with E-state index in [2.05, 4.69) is 11.2 Å². The van der Waals surface area contributed by atoms with E-state index in [1.807, 2.05) is 23.3 Å². The molecule has 6 heteroatoms. The number of aromatic nitrogens is 2. The Labute approximate surface area is 117 Å². The molecule has 0 spiro atoms. The van der Waals surface area contributed by atoms with Crippen LogP contribution in [0.5, 0.6) is 0 Å². The first-order chi connectivity index (χ1) is 9.06. The van der Waals surface area contributed by atoms with Gasteiger partial charge in [0.2, 0.25) is 0 Å². The lowest BCUT2D eigenvalue weighted by Crippen LogP contribution is -2.38. The van der Waals surface area contributed by atoms with Gasteiger partial charge in [-0.25, -0.2) is 9.78 Å². The second kappa shape index (κ2) is 5.45. The monoisotopic (exact) mass is 283 g/mol. The Bertz CT molecular complexity index is 475. The van der Waals surface area contributed by atoms with Crippen LogP contribution in [0.4, 0.5) is 5.82 Å². The van der Waals surface area contributed by atoms with Gasteiger partial charge in [-0.3, -0.25) is 0 Å². The number of nitrogens with zero attached hydrogens (tertiary/aromatic N) is 2. The summed E-state index contributed by atoms with van der Waals surface area (Å²) >= 11 is 1.88. The van der Waals surface area contributed by atoms with Crippen LogP contribution in [0.25, 0.3) is 0 Å². The molecule has 0 aromatic carbocycles. The van der Waals surface area contributed by atoms with Crippen LogP contribution < -0.4 is 5.73 Å². The number of ether oxygens (including phenoxy) is 1. The van der Waals surface area contributed by atoms with Crippen LogP contribution in [0.2, 0.25) is 0 Å². The summed E-state index contributed by atoms with van der Waals surface area (Å²) in [7, 11) is 1.35. The van der Waals surface area contributed by atoms with E-state index in [1.54, 1.807) is 0 Å². The summed E-state index contributed by atoms with van der Waals surface area (Å²) in [6.45, 7) is 2.85. The van der Waals surface area contributed by atoms with Gasteiger partial charge in [0, 0.05) is 17.7 Å². The molecule has 106 valence electrons. The summed E-state index contributed by atoms with van der Waals surface area (Å²) < 4.78 is 6.97. The molecule has 1 aromatic heterocycles. The van der Waals surface area contributed by atoms with Gasteiger partial charge in [-0.2, -0.15) is 11.8 Å². The van der Waals surface area contributed by atoms with Crippen LogP contribution in [0, 0.1) is 0 Å². The van der Waals surface area contributed by atoms with E-state index in [1.165, 1.54) is 26.4 Å². The predicted molar refractivity (Wildman–Crippen MR) is 77.5 cm³/mol. The SMILES string of the molecule is CCc1nc(C(=O)OC)c(N)n1CC1(SC)CCC1. The topological polar surface area (TPSA) is 70.1 Å². The zero-order valence-electron chi connectivity index (χ0n) is 11.7. The lowest BCUT2D eigenvalue weighted by atomic mass is 9.84. The van der Waals surface area contributed by atoms with Gasteiger partial charge in [-0.15, -0.1) is 0 Å². The molecule has 0 saturated heterocycles. The highest BCUT2D eigenvalue weighted by molar-refractivity contribution is 8.00. The van der Waals surface area contributed by atoms with Crippen LogP contribution in [-0.2, 0) is 17.7 Å². The molecule has 2 N–H and O–H groups in total. The molecule has 1 aromatic rings. The van der Waals surface area contributed by atoms with Gasteiger partial charge in [0.05, 0.1) is 7.11 Å². The van der Waals surface area contributed by atoms with Crippen molar-refractivity contribution in [2.45, 2.75) is 43.9 Å². The second-order valence-electron chi connectivity index (χ2n) is 4.93. The Morgan fingerprint density at radius 3 is 2.68 bits per heavy atom. The van der Waals surface area contributed by atoms with E-state index < -0.39 is 5.97 Å². The molecule has 0 atom stereocenters. The number of hydrogen-bond donors (Lipinski definition) is 1. The van der Waals surface area contributed by atoms with E-state index in [-0.39, 0.29) is 10.4 Å². The van der Waals surface area contributed by atoms with Gasteiger partial charge in [-0.1, -0.05) is 13.3 Å². The van der Waals surface area contributed by atoms with Crippen LogP contribution in [0.15, 0.2) is 0 Å². The van der Waals surface area contributed by atoms with Crippen molar-refractivity contribution in [1.29, 1.82) is 0 Å². The first kappa shape index (κ1) is 14.2. The third-order valence-electron chi connectivity index (χ3n) is 3.92. The third-order valence-corrected chi connectivity index (χ3v) is 5.33. The zero-order valence-corrected chi connectivity index (χ0v) is 12.5. The normalized spacial score (nSPS) is 17.0. The molecule has 1 heterocycles. The number of methoxy groups -OCH3 is 1. The molecule has 5 nitrogen and oxygen atoms in total. The molecule has 2 rings (SSSR count). The average Bonchev–Trinajstić information content (AvgIpc) is 2.69.